The molecule has 8 nitrogen and oxygen atoms in total. The summed E-state index contributed by atoms with van der Waals surface area (Å²) in [5.74, 6) is 0. The molecule has 20 heavy (non-hydrogen) atoms. The number of rotatable bonds is 6. The lowest BCUT2D eigenvalue weighted by molar-refractivity contribution is -0.393. The number of nitrogens with one attached hydrogen (secondary N) is 1. The topological polar surface area (TPSA) is 108 Å². The molecule has 1 aliphatic carbocycles. The van der Waals surface area contributed by atoms with Crippen LogP contribution in [0.25, 0.3) is 0 Å². The third kappa shape index (κ3) is 3.02. The van der Waals surface area contributed by atoms with Gasteiger partial charge >= 0.3 is 0 Å². The monoisotopic (exact) mass is 281 g/mol. The Kier molecular flexibility index (Phi) is 4.14. The van der Waals surface area contributed by atoms with Crippen molar-refractivity contribution >= 4 is 17.1 Å². The maximum Gasteiger partial charge on any atom is 0.299 e. The molecule has 2 rings (SSSR count). The lowest BCUT2D eigenvalue weighted by atomic mass is 9.89. The molecule has 1 fully saturated rings. The van der Waals surface area contributed by atoms with Gasteiger partial charge in [-0.1, -0.05) is 0 Å². The zero-order valence-electron chi connectivity index (χ0n) is 10.9. The van der Waals surface area contributed by atoms with Gasteiger partial charge in [0.25, 0.3) is 11.4 Å². The van der Waals surface area contributed by atoms with Gasteiger partial charge in [0.1, 0.15) is 5.69 Å². The van der Waals surface area contributed by atoms with Crippen LogP contribution in [0.1, 0.15) is 19.8 Å². The van der Waals surface area contributed by atoms with Crippen LogP contribution in [0.4, 0.5) is 17.1 Å². The number of ether oxygens (including phenoxy) is 1. The van der Waals surface area contributed by atoms with E-state index in [0.717, 1.165) is 18.9 Å². The fourth-order valence-corrected chi connectivity index (χ4v) is 2.18. The van der Waals surface area contributed by atoms with Gasteiger partial charge in [-0.2, -0.15) is 0 Å². The van der Waals surface area contributed by atoms with Crippen LogP contribution in [0.2, 0.25) is 0 Å². The Hall–Kier alpha value is -2.22. The number of hydrogen-bond acceptors (Lipinski definition) is 6. The molecule has 0 radical (unpaired) electrons. The average Bonchev–Trinajstić information content (AvgIpc) is 2.36. The van der Waals surface area contributed by atoms with Gasteiger partial charge in [-0.05, 0) is 25.8 Å². The molecule has 1 N–H and O–H groups in total. The quantitative estimate of drug-likeness (QED) is 0.634. The van der Waals surface area contributed by atoms with Crippen LogP contribution >= 0.6 is 0 Å². The van der Waals surface area contributed by atoms with E-state index in [0.29, 0.717) is 12.3 Å². The molecule has 0 bridgehead atoms. The molecule has 0 aromatic heterocycles. The minimum Gasteiger partial charge on any atom is -0.378 e. The zero-order valence-corrected chi connectivity index (χ0v) is 10.9. The number of anilines is 1. The van der Waals surface area contributed by atoms with Gasteiger partial charge in [0.05, 0.1) is 22.0 Å². The summed E-state index contributed by atoms with van der Waals surface area (Å²) < 4.78 is 5.41. The Morgan fingerprint density at radius 1 is 1.30 bits per heavy atom. The fourth-order valence-electron chi connectivity index (χ4n) is 2.18. The van der Waals surface area contributed by atoms with E-state index in [-0.39, 0.29) is 23.5 Å². The molecule has 8 heteroatoms. The Balaban J connectivity index is 2.08. The Bertz CT molecular complexity index is 528. The fraction of sp³-hybridized carbons (Fsp3) is 0.500. The van der Waals surface area contributed by atoms with Crippen molar-refractivity contribution in [2.45, 2.75) is 31.9 Å². The van der Waals surface area contributed by atoms with Crippen LogP contribution in [0.15, 0.2) is 18.2 Å². The Labute approximate surface area is 115 Å². The van der Waals surface area contributed by atoms with E-state index >= 15 is 0 Å². The predicted molar refractivity (Wildman–Crippen MR) is 71.8 cm³/mol. The van der Waals surface area contributed by atoms with Gasteiger partial charge in [0.2, 0.25) is 0 Å². The molecule has 1 aliphatic rings. The smallest absolute Gasteiger partial charge is 0.299 e. The number of hydrogen-bond donors (Lipinski definition) is 1. The van der Waals surface area contributed by atoms with Crippen LogP contribution in [0, 0.1) is 20.2 Å². The van der Waals surface area contributed by atoms with E-state index in [1.165, 1.54) is 12.1 Å². The minimum atomic E-state index is -0.648. The minimum absolute atomic E-state index is 0.103. The van der Waals surface area contributed by atoms with E-state index in [4.69, 9.17) is 4.74 Å². The zero-order chi connectivity index (χ0) is 14.7. The van der Waals surface area contributed by atoms with Crippen molar-refractivity contribution in [2.24, 2.45) is 0 Å². The third-order valence-electron chi connectivity index (χ3n) is 3.25. The molecule has 0 saturated heterocycles. The van der Waals surface area contributed by atoms with Crippen molar-refractivity contribution in [2.75, 3.05) is 11.9 Å². The van der Waals surface area contributed by atoms with Crippen LogP contribution < -0.4 is 5.32 Å². The van der Waals surface area contributed by atoms with Crippen molar-refractivity contribution in [1.82, 2.24) is 0 Å². The second-order valence-electron chi connectivity index (χ2n) is 4.61. The Morgan fingerprint density at radius 2 is 2.00 bits per heavy atom. The highest BCUT2D eigenvalue weighted by Gasteiger charge is 2.31. The van der Waals surface area contributed by atoms with Gasteiger partial charge in [-0.3, -0.25) is 20.2 Å². The molecular weight excluding hydrogens is 266 g/mol. The number of nitro groups is 2. The lowest BCUT2D eigenvalue weighted by Gasteiger charge is -2.35. The van der Waals surface area contributed by atoms with Gasteiger partial charge in [-0.25, -0.2) is 0 Å². The van der Waals surface area contributed by atoms with E-state index in [2.05, 4.69) is 5.32 Å². The highest BCUT2D eigenvalue weighted by atomic mass is 16.6. The van der Waals surface area contributed by atoms with E-state index in [9.17, 15) is 20.2 Å². The molecule has 0 aliphatic heterocycles. The second kappa shape index (κ2) is 5.83. The summed E-state index contributed by atoms with van der Waals surface area (Å²) >= 11 is 0. The van der Waals surface area contributed by atoms with Gasteiger partial charge in [0.15, 0.2) is 0 Å². The highest BCUT2D eigenvalue weighted by molar-refractivity contribution is 5.65. The number of non-ortho nitro benzene ring substituents is 1. The summed E-state index contributed by atoms with van der Waals surface area (Å²) in [5.41, 5.74) is -0.261. The SMILES string of the molecule is CCOC1CC(Nc2ccc([N+](=O)[O-])cc2[N+](=O)[O-])C1. The molecule has 108 valence electrons. The number of benzene rings is 1. The van der Waals surface area contributed by atoms with E-state index in [1.54, 1.807) is 0 Å². The van der Waals surface area contributed by atoms with Crippen molar-refractivity contribution in [3.63, 3.8) is 0 Å². The molecule has 0 heterocycles. The predicted octanol–water partition coefficient (Wildman–Crippen LogP) is 2.48. The number of nitro benzene ring substituents is 2. The van der Waals surface area contributed by atoms with Crippen LogP contribution in [-0.2, 0) is 4.74 Å². The van der Waals surface area contributed by atoms with Crippen LogP contribution in [0.3, 0.4) is 0 Å². The molecule has 1 saturated carbocycles. The largest absolute Gasteiger partial charge is 0.378 e. The molecule has 0 amide bonds. The first-order chi connectivity index (χ1) is 9.51. The van der Waals surface area contributed by atoms with Gasteiger partial charge in [0, 0.05) is 18.7 Å². The van der Waals surface area contributed by atoms with Crippen LogP contribution in [0.5, 0.6) is 0 Å². The summed E-state index contributed by atoms with van der Waals surface area (Å²) in [6, 6.07) is 3.71. The van der Waals surface area contributed by atoms with Crippen molar-refractivity contribution in [1.29, 1.82) is 0 Å². The average molecular weight is 281 g/mol. The van der Waals surface area contributed by atoms with E-state index in [1.807, 2.05) is 6.92 Å². The van der Waals surface area contributed by atoms with Crippen molar-refractivity contribution < 1.29 is 14.6 Å². The van der Waals surface area contributed by atoms with Crippen LogP contribution in [-0.4, -0.2) is 28.6 Å². The Morgan fingerprint density at radius 3 is 2.55 bits per heavy atom. The second-order valence-corrected chi connectivity index (χ2v) is 4.61. The standard InChI is InChI=1S/C12H15N3O5/c1-2-20-10-5-8(6-10)13-11-4-3-9(14(16)17)7-12(11)15(18)19/h3-4,7-8,10,13H,2,5-6H2,1H3. The van der Waals surface area contributed by atoms with Gasteiger partial charge < -0.3 is 10.1 Å². The normalized spacial score (nSPS) is 21.1. The lowest BCUT2D eigenvalue weighted by Crippen LogP contribution is -2.40. The first kappa shape index (κ1) is 14.2. The summed E-state index contributed by atoms with van der Waals surface area (Å²) in [5, 5.41) is 24.6. The summed E-state index contributed by atoms with van der Waals surface area (Å²) in [6.07, 6.45) is 1.75. The van der Waals surface area contributed by atoms with Crippen molar-refractivity contribution in [3.8, 4) is 0 Å². The molecule has 0 unspecified atom stereocenters. The highest BCUT2D eigenvalue weighted by Crippen LogP contribution is 2.33. The molecule has 1 aromatic rings. The van der Waals surface area contributed by atoms with E-state index < -0.39 is 9.85 Å². The molecular formula is C12H15N3O5. The van der Waals surface area contributed by atoms with Gasteiger partial charge in [-0.15, -0.1) is 0 Å². The molecule has 0 spiro atoms. The molecule has 0 atom stereocenters. The maximum absolute atomic E-state index is 11.0. The first-order valence-corrected chi connectivity index (χ1v) is 6.32. The van der Waals surface area contributed by atoms with Crippen molar-refractivity contribution in [3.05, 3.63) is 38.4 Å². The maximum atomic E-state index is 11.0. The third-order valence-corrected chi connectivity index (χ3v) is 3.25. The summed E-state index contributed by atoms with van der Waals surface area (Å²) in [7, 11) is 0. The number of nitrogens with zero attached hydrogens (tertiary/aromatic N) is 2. The summed E-state index contributed by atoms with van der Waals surface area (Å²) in [6.45, 7) is 2.57. The first-order valence-electron chi connectivity index (χ1n) is 6.32. The summed E-state index contributed by atoms with van der Waals surface area (Å²) in [4.78, 5) is 20.3. The molecule has 1 aromatic carbocycles.